The van der Waals surface area contributed by atoms with E-state index in [0.717, 1.165) is 56.2 Å². The van der Waals surface area contributed by atoms with Gasteiger partial charge in [-0.15, -0.1) is 0 Å². The molecule has 0 spiro atoms. The van der Waals surface area contributed by atoms with Crippen molar-refractivity contribution >= 4 is 17.4 Å². The Bertz CT molecular complexity index is 815. The molecule has 0 bridgehead atoms. The minimum Gasteiger partial charge on any atom is -0.494 e. The van der Waals surface area contributed by atoms with Crippen molar-refractivity contribution in [1.29, 1.82) is 0 Å². The van der Waals surface area contributed by atoms with Crippen molar-refractivity contribution in [1.82, 2.24) is 10.3 Å². The largest absolute Gasteiger partial charge is 0.494 e. The highest BCUT2D eigenvalue weighted by atomic mass is 16.5. The number of para-hydroxylation sites is 1. The lowest BCUT2D eigenvalue weighted by Crippen LogP contribution is -2.46. The van der Waals surface area contributed by atoms with Crippen molar-refractivity contribution < 1.29 is 9.53 Å². The maximum absolute atomic E-state index is 10.8. The zero-order valence-electron chi connectivity index (χ0n) is 17.6. The third-order valence-electron chi connectivity index (χ3n) is 5.20. The topological polar surface area (TPSA) is 83.2 Å². The highest BCUT2D eigenvalue weighted by molar-refractivity contribution is 6.00. The van der Waals surface area contributed by atoms with Crippen LogP contribution in [0.3, 0.4) is 0 Å². The van der Waals surface area contributed by atoms with E-state index in [1.165, 1.54) is 5.69 Å². The molecule has 160 valence electrons. The predicted molar refractivity (Wildman–Crippen MR) is 121 cm³/mol. The number of carbonyl (C=O) groups excluding carboxylic acids is 1. The smallest absolute Gasteiger partial charge is 0.332 e. The number of carbonyl (C=O) groups is 1. The van der Waals surface area contributed by atoms with E-state index in [1.54, 1.807) is 0 Å². The molecular weight excluding hydrogens is 378 g/mol. The number of piperazine rings is 1. The van der Waals surface area contributed by atoms with Gasteiger partial charge in [0.1, 0.15) is 5.75 Å². The van der Waals surface area contributed by atoms with Gasteiger partial charge in [0.25, 0.3) is 0 Å². The van der Waals surface area contributed by atoms with Crippen molar-refractivity contribution in [3.63, 3.8) is 0 Å². The molecule has 1 aliphatic heterocycles. The second-order valence-electron chi connectivity index (χ2n) is 7.28. The highest BCUT2D eigenvalue weighted by Crippen LogP contribution is 2.16. The van der Waals surface area contributed by atoms with Crippen LogP contribution in [0.5, 0.6) is 5.75 Å². The molecule has 0 unspecified atom stereocenters. The minimum atomic E-state index is -0.664. The third-order valence-corrected chi connectivity index (χ3v) is 5.20. The first-order chi connectivity index (χ1) is 14.7. The molecule has 7 nitrogen and oxygen atoms in total. The maximum atomic E-state index is 10.8. The van der Waals surface area contributed by atoms with Crippen LogP contribution in [0.15, 0.2) is 59.7 Å². The van der Waals surface area contributed by atoms with Crippen LogP contribution in [0.25, 0.3) is 0 Å². The number of rotatable bonds is 9. The van der Waals surface area contributed by atoms with Gasteiger partial charge >= 0.3 is 6.03 Å². The van der Waals surface area contributed by atoms with E-state index < -0.39 is 6.03 Å². The van der Waals surface area contributed by atoms with Gasteiger partial charge in [-0.25, -0.2) is 10.2 Å². The Morgan fingerprint density at radius 1 is 1.07 bits per heavy atom. The molecule has 7 heteroatoms. The van der Waals surface area contributed by atoms with Gasteiger partial charge in [0, 0.05) is 38.4 Å². The molecule has 0 aliphatic carbocycles. The normalized spacial score (nSPS) is 15.1. The molecule has 1 aliphatic rings. The Kier molecular flexibility index (Phi) is 8.09. The molecule has 1 saturated heterocycles. The highest BCUT2D eigenvalue weighted by Gasteiger charge is 2.16. The average Bonchev–Trinajstić information content (AvgIpc) is 2.79. The average molecular weight is 410 g/mol. The van der Waals surface area contributed by atoms with Gasteiger partial charge in [-0.2, -0.15) is 5.10 Å². The number of nitrogens with zero attached hydrogens (tertiary/aromatic N) is 3. The van der Waals surface area contributed by atoms with Crippen LogP contribution in [-0.4, -0.2) is 56.0 Å². The molecule has 1 fully saturated rings. The van der Waals surface area contributed by atoms with Gasteiger partial charge in [-0.05, 0) is 54.8 Å². The number of ether oxygens (including phenoxy) is 1. The number of benzene rings is 2. The number of anilines is 1. The van der Waals surface area contributed by atoms with Crippen molar-refractivity contribution in [2.45, 2.75) is 19.8 Å². The predicted octanol–water partition coefficient (Wildman–Crippen LogP) is 3.06. The number of urea groups is 1. The summed E-state index contributed by atoms with van der Waals surface area (Å²) in [4.78, 5) is 15.8. The van der Waals surface area contributed by atoms with Crippen LogP contribution >= 0.6 is 0 Å². The van der Waals surface area contributed by atoms with Crippen molar-refractivity contribution in [3.05, 3.63) is 60.2 Å². The minimum absolute atomic E-state index is 0.664. The summed E-state index contributed by atoms with van der Waals surface area (Å²) in [6.45, 7) is 8.02. The quantitative estimate of drug-likeness (QED) is 0.379. The summed E-state index contributed by atoms with van der Waals surface area (Å²) in [7, 11) is 0. The lowest BCUT2D eigenvalue weighted by Gasteiger charge is -2.36. The van der Waals surface area contributed by atoms with E-state index in [-0.39, 0.29) is 0 Å². The first kappa shape index (κ1) is 21.6. The molecule has 30 heavy (non-hydrogen) atoms. The first-order valence-corrected chi connectivity index (χ1v) is 10.5. The van der Waals surface area contributed by atoms with Crippen LogP contribution in [0.2, 0.25) is 0 Å². The summed E-state index contributed by atoms with van der Waals surface area (Å²) in [6.07, 6.45) is 1.69. The van der Waals surface area contributed by atoms with Crippen molar-refractivity contribution in [2.24, 2.45) is 10.8 Å². The molecule has 0 aromatic heterocycles. The third kappa shape index (κ3) is 6.49. The Morgan fingerprint density at radius 2 is 1.77 bits per heavy atom. The van der Waals surface area contributed by atoms with E-state index >= 15 is 0 Å². The zero-order valence-corrected chi connectivity index (χ0v) is 17.6. The van der Waals surface area contributed by atoms with Gasteiger partial charge < -0.3 is 15.4 Å². The van der Waals surface area contributed by atoms with Crippen LogP contribution in [-0.2, 0) is 0 Å². The number of hydrazone groups is 1. The number of nitrogens with two attached hydrogens (primary N) is 1. The van der Waals surface area contributed by atoms with Gasteiger partial charge in [0.2, 0.25) is 0 Å². The summed E-state index contributed by atoms with van der Waals surface area (Å²) in [6, 6.07) is 17.7. The molecule has 2 aromatic rings. The number of hydrogen-bond acceptors (Lipinski definition) is 5. The van der Waals surface area contributed by atoms with Crippen LogP contribution in [0, 0.1) is 0 Å². The molecule has 0 saturated carbocycles. The Hall–Kier alpha value is -3.06. The molecule has 3 N–H and O–H groups in total. The zero-order chi connectivity index (χ0) is 21.2. The molecule has 2 aromatic carbocycles. The fourth-order valence-electron chi connectivity index (χ4n) is 3.56. The summed E-state index contributed by atoms with van der Waals surface area (Å²) in [5.74, 6) is 0.839. The number of nitrogens with one attached hydrogen (secondary N) is 1. The summed E-state index contributed by atoms with van der Waals surface area (Å²) >= 11 is 0. The van der Waals surface area contributed by atoms with Crippen molar-refractivity contribution in [2.75, 3.05) is 44.2 Å². The molecule has 0 atom stereocenters. The van der Waals surface area contributed by atoms with Gasteiger partial charge in [-0.1, -0.05) is 25.1 Å². The summed E-state index contributed by atoms with van der Waals surface area (Å²) in [5, 5.41) is 4.04. The van der Waals surface area contributed by atoms with E-state index in [2.05, 4.69) is 50.7 Å². The fourth-order valence-corrected chi connectivity index (χ4v) is 3.56. The standard InChI is InChI=1S/C23H31N5O2/c1-2-22(25-26-23(24)29)19-9-11-21(12-10-19)30-18-6-13-27-14-16-28(17-15-27)20-7-4-3-5-8-20/h3-5,7-12H,2,6,13-18H2,1H3,(H3,24,26,29)/b25-22+. The number of primary amides is 1. The molecule has 1 heterocycles. The first-order valence-electron chi connectivity index (χ1n) is 10.5. The Balaban J connectivity index is 1.37. The molecule has 3 rings (SSSR count). The van der Waals surface area contributed by atoms with Crippen LogP contribution in [0.4, 0.5) is 10.5 Å². The SMILES string of the molecule is CC/C(=N\NC(N)=O)c1ccc(OCCCN2CCN(c3ccccc3)CC2)cc1. The molecule has 0 radical (unpaired) electrons. The van der Waals surface area contributed by atoms with Crippen LogP contribution < -0.4 is 20.8 Å². The molecule has 2 amide bonds. The van der Waals surface area contributed by atoms with Gasteiger partial charge in [0.05, 0.1) is 12.3 Å². The summed E-state index contributed by atoms with van der Waals surface area (Å²) in [5.41, 5.74) is 10.4. The van der Waals surface area contributed by atoms with E-state index in [0.29, 0.717) is 13.0 Å². The fraction of sp³-hybridized carbons (Fsp3) is 0.391. The van der Waals surface area contributed by atoms with E-state index in [4.69, 9.17) is 10.5 Å². The second-order valence-corrected chi connectivity index (χ2v) is 7.28. The lowest BCUT2D eigenvalue weighted by molar-refractivity contribution is 0.225. The monoisotopic (exact) mass is 409 g/mol. The molecular formula is C23H31N5O2. The number of hydrogen-bond donors (Lipinski definition) is 2. The second kappa shape index (κ2) is 11.2. The Morgan fingerprint density at radius 3 is 2.40 bits per heavy atom. The van der Waals surface area contributed by atoms with E-state index in [9.17, 15) is 4.79 Å². The lowest BCUT2D eigenvalue weighted by atomic mass is 10.1. The van der Waals surface area contributed by atoms with Gasteiger partial charge in [-0.3, -0.25) is 4.90 Å². The maximum Gasteiger partial charge on any atom is 0.332 e. The Labute approximate surface area is 178 Å². The van der Waals surface area contributed by atoms with Crippen LogP contribution in [0.1, 0.15) is 25.3 Å². The summed E-state index contributed by atoms with van der Waals surface area (Å²) < 4.78 is 5.89. The van der Waals surface area contributed by atoms with E-state index in [1.807, 2.05) is 31.2 Å². The van der Waals surface area contributed by atoms with Crippen molar-refractivity contribution in [3.8, 4) is 5.75 Å². The number of amides is 2. The van der Waals surface area contributed by atoms with Gasteiger partial charge in [0.15, 0.2) is 0 Å².